The lowest BCUT2D eigenvalue weighted by Crippen LogP contribution is -2.12. The van der Waals surface area contributed by atoms with Gasteiger partial charge in [0.25, 0.3) is 0 Å². The highest BCUT2D eigenvalue weighted by Gasteiger charge is 2.23. The number of rotatable bonds is 4. The third-order valence-electron chi connectivity index (χ3n) is 7.67. The lowest BCUT2D eigenvalue weighted by Gasteiger charge is -2.22. The molecule has 0 aliphatic carbocycles. The van der Waals surface area contributed by atoms with Gasteiger partial charge in [-0.3, -0.25) is 4.57 Å². The van der Waals surface area contributed by atoms with Crippen LogP contribution in [0.15, 0.2) is 132 Å². The fourth-order valence-corrected chi connectivity index (χ4v) is 5.51. The van der Waals surface area contributed by atoms with Crippen molar-refractivity contribution in [2.24, 2.45) is 0 Å². The van der Waals surface area contributed by atoms with Crippen molar-refractivity contribution in [3.63, 3.8) is 0 Å². The van der Waals surface area contributed by atoms with E-state index in [0.717, 1.165) is 44.6 Å². The SMILES string of the molecule is CC(C)(C)c1ccc(-n2c(-c3coc4ccc(-c5ccccc5)cc34)nc3ccccc32)c(-c2ccccc2)c1. The van der Waals surface area contributed by atoms with Gasteiger partial charge < -0.3 is 4.42 Å². The summed E-state index contributed by atoms with van der Waals surface area (Å²) in [5.41, 5.74) is 10.9. The summed E-state index contributed by atoms with van der Waals surface area (Å²) in [7, 11) is 0. The van der Waals surface area contributed by atoms with Gasteiger partial charge in [0, 0.05) is 10.9 Å². The third kappa shape index (κ3) is 4.11. The minimum absolute atomic E-state index is 0.0243. The maximum absolute atomic E-state index is 6.11. The Morgan fingerprint density at radius 2 is 1.32 bits per heavy atom. The van der Waals surface area contributed by atoms with E-state index in [1.807, 2.05) is 18.4 Å². The molecule has 5 aromatic carbocycles. The number of aromatic nitrogens is 2. The summed E-state index contributed by atoms with van der Waals surface area (Å²) in [6.45, 7) is 6.78. The van der Waals surface area contributed by atoms with Crippen LogP contribution < -0.4 is 0 Å². The maximum Gasteiger partial charge on any atom is 0.149 e. The van der Waals surface area contributed by atoms with E-state index >= 15 is 0 Å². The van der Waals surface area contributed by atoms with Crippen LogP contribution in [0.1, 0.15) is 26.3 Å². The Hall–Kier alpha value is -4.89. The van der Waals surface area contributed by atoms with Gasteiger partial charge in [-0.15, -0.1) is 0 Å². The van der Waals surface area contributed by atoms with E-state index in [2.05, 4.69) is 135 Å². The average Bonchev–Trinajstić information content (AvgIpc) is 3.58. The minimum Gasteiger partial charge on any atom is -0.464 e. The molecule has 40 heavy (non-hydrogen) atoms. The first kappa shape index (κ1) is 24.2. The zero-order chi connectivity index (χ0) is 27.3. The van der Waals surface area contributed by atoms with Crippen LogP contribution in [0.4, 0.5) is 0 Å². The van der Waals surface area contributed by atoms with Crippen molar-refractivity contribution in [2.45, 2.75) is 26.2 Å². The smallest absolute Gasteiger partial charge is 0.149 e. The summed E-state index contributed by atoms with van der Waals surface area (Å²) in [6.07, 6.45) is 1.85. The quantitative estimate of drug-likeness (QED) is 0.232. The first-order valence-electron chi connectivity index (χ1n) is 13.7. The molecule has 0 atom stereocenters. The van der Waals surface area contributed by atoms with Crippen LogP contribution in [0.5, 0.6) is 0 Å². The molecule has 0 spiro atoms. The number of benzene rings is 5. The highest BCUT2D eigenvalue weighted by molar-refractivity contribution is 5.98. The summed E-state index contributed by atoms with van der Waals surface area (Å²) >= 11 is 0. The van der Waals surface area contributed by atoms with Crippen LogP contribution in [0, 0.1) is 0 Å². The van der Waals surface area contributed by atoms with E-state index in [-0.39, 0.29) is 5.41 Å². The number of para-hydroxylation sites is 2. The van der Waals surface area contributed by atoms with Gasteiger partial charge in [-0.25, -0.2) is 4.98 Å². The molecular formula is C37H30N2O. The third-order valence-corrected chi connectivity index (χ3v) is 7.67. The van der Waals surface area contributed by atoms with Crippen molar-refractivity contribution >= 4 is 22.0 Å². The normalized spacial score (nSPS) is 11.9. The van der Waals surface area contributed by atoms with E-state index in [0.29, 0.717) is 0 Å². The summed E-state index contributed by atoms with van der Waals surface area (Å²) in [5, 5.41) is 1.05. The summed E-state index contributed by atoms with van der Waals surface area (Å²) < 4.78 is 8.40. The van der Waals surface area contributed by atoms with Crippen molar-refractivity contribution in [1.82, 2.24) is 9.55 Å². The van der Waals surface area contributed by atoms with E-state index in [1.165, 1.54) is 22.3 Å². The Bertz CT molecular complexity index is 1970. The molecule has 0 saturated heterocycles. The fourth-order valence-electron chi connectivity index (χ4n) is 5.51. The molecule has 3 heteroatoms. The van der Waals surface area contributed by atoms with Crippen LogP contribution in [0.2, 0.25) is 0 Å². The van der Waals surface area contributed by atoms with Gasteiger partial charge in [0.1, 0.15) is 17.7 Å². The Morgan fingerprint density at radius 1 is 0.625 bits per heavy atom. The number of hydrogen-bond donors (Lipinski definition) is 0. The first-order valence-corrected chi connectivity index (χ1v) is 13.7. The van der Waals surface area contributed by atoms with Crippen molar-refractivity contribution in [3.8, 4) is 39.3 Å². The monoisotopic (exact) mass is 518 g/mol. The zero-order valence-corrected chi connectivity index (χ0v) is 22.9. The largest absolute Gasteiger partial charge is 0.464 e. The Kier molecular flexibility index (Phi) is 5.67. The van der Waals surface area contributed by atoms with Gasteiger partial charge in [-0.2, -0.15) is 0 Å². The molecule has 2 heterocycles. The molecule has 0 saturated carbocycles. The van der Waals surface area contributed by atoms with E-state index in [9.17, 15) is 0 Å². The van der Waals surface area contributed by atoms with Gasteiger partial charge in [0.05, 0.1) is 22.3 Å². The second-order valence-corrected chi connectivity index (χ2v) is 11.3. The zero-order valence-electron chi connectivity index (χ0n) is 22.9. The first-order chi connectivity index (χ1) is 19.5. The van der Waals surface area contributed by atoms with E-state index in [1.54, 1.807) is 0 Å². The summed E-state index contributed by atoms with van der Waals surface area (Å²) in [4.78, 5) is 5.19. The second-order valence-electron chi connectivity index (χ2n) is 11.3. The molecule has 2 aromatic heterocycles. The maximum atomic E-state index is 6.11. The molecule has 0 aliphatic rings. The second kappa shape index (κ2) is 9.39. The predicted molar refractivity (Wildman–Crippen MR) is 166 cm³/mol. The van der Waals surface area contributed by atoms with Crippen molar-refractivity contribution in [1.29, 1.82) is 0 Å². The molecule has 0 amide bonds. The molecule has 0 fully saturated rings. The Morgan fingerprint density at radius 3 is 2.08 bits per heavy atom. The van der Waals surface area contributed by atoms with Crippen LogP contribution in [0.3, 0.4) is 0 Å². The van der Waals surface area contributed by atoms with Crippen molar-refractivity contribution < 1.29 is 4.42 Å². The molecule has 0 unspecified atom stereocenters. The van der Waals surface area contributed by atoms with Gasteiger partial charge in [-0.1, -0.05) is 106 Å². The lowest BCUT2D eigenvalue weighted by molar-refractivity contribution is 0.590. The number of nitrogens with zero attached hydrogens (tertiary/aromatic N) is 2. The van der Waals surface area contributed by atoms with Gasteiger partial charge in [0.2, 0.25) is 0 Å². The van der Waals surface area contributed by atoms with Crippen molar-refractivity contribution in [3.05, 3.63) is 133 Å². The highest BCUT2D eigenvalue weighted by atomic mass is 16.3. The highest BCUT2D eigenvalue weighted by Crippen LogP contribution is 2.40. The average molecular weight is 519 g/mol. The topological polar surface area (TPSA) is 31.0 Å². The Labute approximate surface area is 234 Å². The van der Waals surface area contributed by atoms with Crippen molar-refractivity contribution in [2.75, 3.05) is 0 Å². The van der Waals surface area contributed by atoms with Crippen LogP contribution >= 0.6 is 0 Å². The van der Waals surface area contributed by atoms with E-state index in [4.69, 9.17) is 9.40 Å². The molecule has 0 bridgehead atoms. The molecular weight excluding hydrogens is 488 g/mol. The molecule has 3 nitrogen and oxygen atoms in total. The number of hydrogen-bond acceptors (Lipinski definition) is 2. The van der Waals surface area contributed by atoms with Gasteiger partial charge in [0.15, 0.2) is 0 Å². The molecule has 0 N–H and O–H groups in total. The van der Waals surface area contributed by atoms with Gasteiger partial charge in [-0.05, 0) is 64.1 Å². The fraction of sp³-hybridized carbons (Fsp3) is 0.108. The summed E-state index contributed by atoms with van der Waals surface area (Å²) in [5.74, 6) is 0.867. The minimum atomic E-state index is 0.0243. The number of fused-ring (bicyclic) bond motifs is 2. The molecule has 0 radical (unpaired) electrons. The Balaban J connectivity index is 1.52. The number of furan rings is 1. The van der Waals surface area contributed by atoms with Gasteiger partial charge >= 0.3 is 0 Å². The number of imidazole rings is 1. The van der Waals surface area contributed by atoms with E-state index < -0.39 is 0 Å². The molecule has 7 rings (SSSR count). The predicted octanol–water partition coefficient (Wildman–Crippen LogP) is 10.1. The molecule has 7 aromatic rings. The molecule has 194 valence electrons. The standard InChI is InChI=1S/C37H30N2O/c1-37(2,3)28-19-20-33(29(23-28)26-14-8-5-9-15-26)39-34-17-11-10-16-32(34)38-36(39)31-24-40-35-21-18-27(22-30(31)35)25-12-6-4-7-13-25/h4-24H,1-3H3. The lowest BCUT2D eigenvalue weighted by atomic mass is 9.85. The van der Waals surface area contributed by atoms with Crippen LogP contribution in [-0.4, -0.2) is 9.55 Å². The summed E-state index contributed by atoms with van der Waals surface area (Å²) in [6, 6.07) is 42.7. The van der Waals surface area contributed by atoms with Crippen LogP contribution in [-0.2, 0) is 5.41 Å². The molecule has 0 aliphatic heterocycles. The van der Waals surface area contributed by atoms with Crippen LogP contribution in [0.25, 0.3) is 61.3 Å².